The van der Waals surface area contributed by atoms with Crippen molar-refractivity contribution in [2.75, 3.05) is 18.0 Å². The number of hydrogen-bond acceptors (Lipinski definition) is 6. The third-order valence-electron chi connectivity index (χ3n) is 3.39. The Balaban J connectivity index is 2.30. The van der Waals surface area contributed by atoms with Crippen LogP contribution in [0.5, 0.6) is 0 Å². The molecule has 1 atom stereocenters. The van der Waals surface area contributed by atoms with Crippen LogP contribution in [0.15, 0.2) is 18.2 Å². The van der Waals surface area contributed by atoms with Crippen LogP contribution in [0.25, 0.3) is 0 Å². The van der Waals surface area contributed by atoms with Gasteiger partial charge in [-0.2, -0.15) is 5.26 Å². The van der Waals surface area contributed by atoms with E-state index >= 15 is 0 Å². The highest BCUT2D eigenvalue weighted by atomic mass is 16.6. The minimum Gasteiger partial charge on any atom is -0.480 e. The van der Waals surface area contributed by atoms with Crippen LogP contribution in [0.3, 0.4) is 0 Å². The first-order valence-corrected chi connectivity index (χ1v) is 5.83. The number of aliphatic carboxylic acids is 1. The number of carboxylic acids is 1. The third-order valence-corrected chi connectivity index (χ3v) is 3.39. The summed E-state index contributed by atoms with van der Waals surface area (Å²) in [5.74, 6) is -1.08. The number of nitriles is 1. The van der Waals surface area contributed by atoms with Crippen molar-refractivity contribution in [1.82, 2.24) is 0 Å². The summed E-state index contributed by atoms with van der Waals surface area (Å²) < 4.78 is 0. The van der Waals surface area contributed by atoms with E-state index in [9.17, 15) is 14.9 Å². The third kappa shape index (κ3) is 2.26. The molecule has 0 aliphatic carbocycles. The molecule has 8 nitrogen and oxygen atoms in total. The highest BCUT2D eigenvalue weighted by Crippen LogP contribution is 2.29. The molecule has 1 aliphatic heterocycles. The summed E-state index contributed by atoms with van der Waals surface area (Å²) in [4.78, 5) is 22.9. The molecule has 1 aromatic rings. The Labute approximate surface area is 114 Å². The molecule has 20 heavy (non-hydrogen) atoms. The van der Waals surface area contributed by atoms with Crippen LogP contribution < -0.4 is 10.6 Å². The molecule has 1 aliphatic rings. The number of rotatable bonds is 3. The van der Waals surface area contributed by atoms with Gasteiger partial charge in [0.25, 0.3) is 5.69 Å². The van der Waals surface area contributed by atoms with E-state index in [4.69, 9.17) is 16.1 Å². The zero-order valence-electron chi connectivity index (χ0n) is 10.4. The van der Waals surface area contributed by atoms with Gasteiger partial charge >= 0.3 is 5.97 Å². The van der Waals surface area contributed by atoms with Gasteiger partial charge in [0.2, 0.25) is 0 Å². The molecule has 0 spiro atoms. The zero-order valence-corrected chi connectivity index (χ0v) is 10.4. The second-order valence-corrected chi connectivity index (χ2v) is 4.70. The van der Waals surface area contributed by atoms with Gasteiger partial charge in [-0.15, -0.1) is 0 Å². The number of nitro benzene ring substituents is 1. The van der Waals surface area contributed by atoms with Gasteiger partial charge in [-0.3, -0.25) is 14.9 Å². The van der Waals surface area contributed by atoms with E-state index in [2.05, 4.69) is 0 Å². The lowest BCUT2D eigenvalue weighted by molar-refractivity contribution is -0.385. The molecule has 1 saturated heterocycles. The monoisotopic (exact) mass is 276 g/mol. The standard InChI is InChI=1S/C12H12N4O4/c13-6-8-5-9(1-2-10(8)16(19)20)15-4-3-12(14,7-15)11(17)18/h1-2,5H,3-4,7,14H2,(H,17,18). The Morgan fingerprint density at radius 1 is 1.60 bits per heavy atom. The van der Waals surface area contributed by atoms with E-state index in [0.29, 0.717) is 12.2 Å². The van der Waals surface area contributed by atoms with Crippen molar-refractivity contribution in [2.24, 2.45) is 5.73 Å². The highest BCUT2D eigenvalue weighted by molar-refractivity contribution is 5.80. The fourth-order valence-electron chi connectivity index (χ4n) is 2.20. The van der Waals surface area contributed by atoms with Gasteiger partial charge in [0, 0.05) is 24.8 Å². The van der Waals surface area contributed by atoms with E-state index in [1.807, 2.05) is 0 Å². The summed E-state index contributed by atoms with van der Waals surface area (Å²) in [6.45, 7) is 0.524. The lowest BCUT2D eigenvalue weighted by Gasteiger charge is -2.21. The Morgan fingerprint density at radius 3 is 2.80 bits per heavy atom. The minimum absolute atomic E-state index is 0.0580. The predicted molar refractivity (Wildman–Crippen MR) is 69.2 cm³/mol. The van der Waals surface area contributed by atoms with Crippen molar-refractivity contribution >= 4 is 17.3 Å². The van der Waals surface area contributed by atoms with Crippen LogP contribution in [0.2, 0.25) is 0 Å². The fraction of sp³-hybridized carbons (Fsp3) is 0.333. The molecule has 0 amide bonds. The normalized spacial score (nSPS) is 21.5. The molecule has 104 valence electrons. The topological polar surface area (TPSA) is 133 Å². The predicted octanol–water partition coefficient (Wildman–Crippen LogP) is 0.459. The van der Waals surface area contributed by atoms with Gasteiger partial charge in [-0.1, -0.05) is 0 Å². The van der Waals surface area contributed by atoms with Crippen molar-refractivity contribution in [3.8, 4) is 6.07 Å². The average molecular weight is 276 g/mol. The SMILES string of the molecule is N#Cc1cc(N2CCC(N)(C(=O)O)C2)ccc1[N+](=O)[O-]. The van der Waals surface area contributed by atoms with E-state index < -0.39 is 16.4 Å². The summed E-state index contributed by atoms with van der Waals surface area (Å²) in [6.07, 6.45) is 0.279. The summed E-state index contributed by atoms with van der Waals surface area (Å²) in [7, 11) is 0. The number of hydrogen-bond donors (Lipinski definition) is 2. The molecular weight excluding hydrogens is 264 g/mol. The van der Waals surface area contributed by atoms with E-state index in [-0.39, 0.29) is 24.2 Å². The van der Waals surface area contributed by atoms with E-state index in [0.717, 1.165) is 0 Å². The minimum atomic E-state index is -1.32. The van der Waals surface area contributed by atoms with Crippen LogP contribution in [0.4, 0.5) is 11.4 Å². The Hall–Kier alpha value is -2.66. The van der Waals surface area contributed by atoms with Crippen LogP contribution in [-0.2, 0) is 4.79 Å². The van der Waals surface area contributed by atoms with Crippen LogP contribution >= 0.6 is 0 Å². The first-order valence-electron chi connectivity index (χ1n) is 5.83. The molecule has 0 saturated carbocycles. The van der Waals surface area contributed by atoms with Crippen LogP contribution in [-0.4, -0.2) is 34.6 Å². The zero-order chi connectivity index (χ0) is 14.9. The number of nitrogens with two attached hydrogens (primary N) is 1. The van der Waals surface area contributed by atoms with Crippen LogP contribution in [0.1, 0.15) is 12.0 Å². The molecule has 1 heterocycles. The lowest BCUT2D eigenvalue weighted by Crippen LogP contribution is -2.50. The maximum Gasteiger partial charge on any atom is 0.325 e. The van der Waals surface area contributed by atoms with Gasteiger partial charge in [0.05, 0.1) is 4.92 Å². The van der Waals surface area contributed by atoms with Gasteiger partial charge < -0.3 is 15.7 Å². The number of anilines is 1. The highest BCUT2D eigenvalue weighted by Gasteiger charge is 2.41. The Morgan fingerprint density at radius 2 is 2.30 bits per heavy atom. The second kappa shape index (κ2) is 4.79. The van der Waals surface area contributed by atoms with E-state index in [1.165, 1.54) is 18.2 Å². The van der Waals surface area contributed by atoms with Crippen molar-refractivity contribution < 1.29 is 14.8 Å². The molecule has 3 N–H and O–H groups in total. The molecule has 0 radical (unpaired) electrons. The van der Waals surface area contributed by atoms with Crippen molar-refractivity contribution in [1.29, 1.82) is 5.26 Å². The van der Waals surface area contributed by atoms with Gasteiger partial charge in [0.15, 0.2) is 0 Å². The Bertz CT molecular complexity index is 624. The van der Waals surface area contributed by atoms with Crippen molar-refractivity contribution in [2.45, 2.75) is 12.0 Å². The first-order chi connectivity index (χ1) is 9.37. The number of benzene rings is 1. The number of nitro groups is 1. The molecule has 0 aromatic heterocycles. The molecular formula is C12H12N4O4. The molecule has 1 aromatic carbocycles. The second-order valence-electron chi connectivity index (χ2n) is 4.70. The van der Waals surface area contributed by atoms with E-state index in [1.54, 1.807) is 11.0 Å². The van der Waals surface area contributed by atoms with Gasteiger partial charge in [-0.25, -0.2) is 0 Å². The molecule has 8 heteroatoms. The molecule has 1 fully saturated rings. The van der Waals surface area contributed by atoms with Crippen LogP contribution in [0, 0.1) is 21.4 Å². The number of carboxylic acid groups (broad SMARTS) is 1. The lowest BCUT2D eigenvalue weighted by atomic mass is 10.0. The fourth-order valence-corrected chi connectivity index (χ4v) is 2.20. The average Bonchev–Trinajstić information content (AvgIpc) is 2.82. The summed E-state index contributed by atoms with van der Waals surface area (Å²) in [5.41, 5.74) is 4.67. The number of nitrogens with zero attached hydrogens (tertiary/aromatic N) is 3. The first kappa shape index (κ1) is 13.8. The summed E-state index contributed by atoms with van der Waals surface area (Å²) in [5, 5.41) is 28.7. The summed E-state index contributed by atoms with van der Waals surface area (Å²) >= 11 is 0. The largest absolute Gasteiger partial charge is 0.480 e. The smallest absolute Gasteiger partial charge is 0.325 e. The van der Waals surface area contributed by atoms with Crippen molar-refractivity contribution in [3.05, 3.63) is 33.9 Å². The van der Waals surface area contributed by atoms with Crippen molar-refractivity contribution in [3.63, 3.8) is 0 Å². The molecule has 2 rings (SSSR count). The van der Waals surface area contributed by atoms with Gasteiger partial charge in [0.1, 0.15) is 17.2 Å². The summed E-state index contributed by atoms with van der Waals surface area (Å²) in [6, 6.07) is 5.88. The maximum absolute atomic E-state index is 11.1. The number of carbonyl (C=O) groups is 1. The molecule has 0 bridgehead atoms. The molecule has 1 unspecified atom stereocenters. The maximum atomic E-state index is 11.1. The van der Waals surface area contributed by atoms with Gasteiger partial charge in [-0.05, 0) is 18.6 Å². The Kier molecular flexibility index (Phi) is 3.29. The quantitative estimate of drug-likeness (QED) is 0.604.